The molecule has 0 aliphatic rings. The fraction of sp³-hybridized carbons (Fsp3) is 0.312. The largest absolute Gasteiger partial charge is 0.321 e. The predicted octanol–water partition coefficient (Wildman–Crippen LogP) is 5.41. The summed E-state index contributed by atoms with van der Waals surface area (Å²) in [5, 5.41) is 2.93. The molecular formula is C16H18BrNOS. The van der Waals surface area contributed by atoms with Crippen LogP contribution in [0.25, 0.3) is 0 Å². The van der Waals surface area contributed by atoms with Gasteiger partial charge in [-0.2, -0.15) is 0 Å². The van der Waals surface area contributed by atoms with E-state index in [1.807, 2.05) is 25.1 Å². The second-order valence-corrected chi connectivity index (χ2v) is 7.19. The number of hydrogen-bond acceptors (Lipinski definition) is 2. The van der Waals surface area contributed by atoms with Gasteiger partial charge in [0.05, 0.1) is 8.66 Å². The summed E-state index contributed by atoms with van der Waals surface area (Å²) in [4.78, 5) is 12.8. The second kappa shape index (κ2) is 7.04. The van der Waals surface area contributed by atoms with Crippen LogP contribution >= 0.6 is 27.3 Å². The minimum atomic E-state index is -0.0508. The first kappa shape index (κ1) is 15.3. The summed E-state index contributed by atoms with van der Waals surface area (Å²) in [7, 11) is 0. The molecule has 0 radical (unpaired) electrons. The Labute approximate surface area is 132 Å². The molecule has 1 aromatic carbocycles. The highest BCUT2D eigenvalue weighted by molar-refractivity contribution is 9.11. The molecule has 1 amide bonds. The summed E-state index contributed by atoms with van der Waals surface area (Å²) in [6, 6.07) is 10.0. The zero-order valence-corrected chi connectivity index (χ0v) is 14.1. The van der Waals surface area contributed by atoms with Crippen LogP contribution in [0.15, 0.2) is 34.1 Å². The Kier molecular flexibility index (Phi) is 5.38. The van der Waals surface area contributed by atoms with Gasteiger partial charge in [-0.15, -0.1) is 11.3 Å². The first-order chi connectivity index (χ1) is 9.60. The van der Waals surface area contributed by atoms with Crippen molar-refractivity contribution in [2.45, 2.75) is 33.1 Å². The lowest BCUT2D eigenvalue weighted by Gasteiger charge is -2.05. The van der Waals surface area contributed by atoms with Crippen LogP contribution in [0.1, 0.15) is 40.6 Å². The molecule has 0 saturated carbocycles. The average Bonchev–Trinajstić information content (AvgIpc) is 2.78. The van der Waals surface area contributed by atoms with E-state index in [0.717, 1.165) is 26.3 Å². The Morgan fingerprint density at radius 2 is 2.00 bits per heavy atom. The van der Waals surface area contributed by atoms with E-state index in [2.05, 4.69) is 40.3 Å². The molecule has 1 N–H and O–H groups in total. The number of unbranched alkanes of at least 4 members (excludes halogenated alkanes) is 1. The van der Waals surface area contributed by atoms with Gasteiger partial charge in [0.2, 0.25) is 0 Å². The third kappa shape index (κ3) is 3.93. The number of rotatable bonds is 5. The molecule has 2 aromatic rings. The predicted molar refractivity (Wildman–Crippen MR) is 89.8 cm³/mol. The minimum Gasteiger partial charge on any atom is -0.321 e. The highest BCUT2D eigenvalue weighted by atomic mass is 79.9. The molecule has 106 valence electrons. The number of thiophene rings is 1. The molecule has 0 saturated heterocycles. The first-order valence-electron chi connectivity index (χ1n) is 6.76. The Hall–Kier alpha value is -1.13. The summed E-state index contributed by atoms with van der Waals surface area (Å²) >= 11 is 4.90. The summed E-state index contributed by atoms with van der Waals surface area (Å²) in [5.74, 6) is -0.0508. The van der Waals surface area contributed by atoms with E-state index in [0.29, 0.717) is 0 Å². The van der Waals surface area contributed by atoms with Gasteiger partial charge in [-0.3, -0.25) is 4.79 Å². The van der Waals surface area contributed by atoms with Crippen molar-refractivity contribution in [1.29, 1.82) is 0 Å². The normalized spacial score (nSPS) is 10.6. The van der Waals surface area contributed by atoms with Gasteiger partial charge >= 0.3 is 0 Å². The number of hydrogen-bond donors (Lipinski definition) is 1. The van der Waals surface area contributed by atoms with Crippen LogP contribution in [0.2, 0.25) is 0 Å². The van der Waals surface area contributed by atoms with Crippen LogP contribution in [-0.2, 0) is 6.42 Å². The Bertz CT molecular complexity index is 570. The van der Waals surface area contributed by atoms with Gasteiger partial charge in [-0.25, -0.2) is 0 Å². The zero-order valence-electron chi connectivity index (χ0n) is 11.7. The molecule has 0 unspecified atom stereocenters. The summed E-state index contributed by atoms with van der Waals surface area (Å²) in [6.07, 6.45) is 3.50. The maximum Gasteiger partial charge on any atom is 0.265 e. The summed E-state index contributed by atoms with van der Waals surface area (Å²) < 4.78 is 1.01. The van der Waals surface area contributed by atoms with Crippen molar-refractivity contribution in [2.24, 2.45) is 0 Å². The summed E-state index contributed by atoms with van der Waals surface area (Å²) in [5.41, 5.74) is 3.26. The molecule has 20 heavy (non-hydrogen) atoms. The van der Waals surface area contributed by atoms with Crippen molar-refractivity contribution in [3.05, 3.63) is 50.1 Å². The van der Waals surface area contributed by atoms with Gasteiger partial charge in [0.25, 0.3) is 5.91 Å². The first-order valence-corrected chi connectivity index (χ1v) is 8.37. The van der Waals surface area contributed by atoms with E-state index in [1.165, 1.54) is 29.7 Å². The lowest BCUT2D eigenvalue weighted by molar-refractivity contribution is 0.103. The van der Waals surface area contributed by atoms with Crippen molar-refractivity contribution in [1.82, 2.24) is 0 Å². The Morgan fingerprint density at radius 1 is 1.30 bits per heavy atom. The average molecular weight is 352 g/mol. The van der Waals surface area contributed by atoms with Gasteiger partial charge in [0.1, 0.15) is 0 Å². The minimum absolute atomic E-state index is 0.0508. The molecule has 0 spiro atoms. The maximum atomic E-state index is 12.1. The molecule has 2 nitrogen and oxygen atoms in total. The van der Waals surface area contributed by atoms with Crippen LogP contribution < -0.4 is 5.32 Å². The molecule has 0 fully saturated rings. The molecule has 1 heterocycles. The number of anilines is 1. The lowest BCUT2D eigenvalue weighted by Crippen LogP contribution is -2.10. The Balaban J connectivity index is 2.00. The SMILES string of the molecule is CCCCc1ccc(NC(=O)c2cc(C)c(Br)s2)cc1. The van der Waals surface area contributed by atoms with Crippen LogP contribution in [-0.4, -0.2) is 5.91 Å². The van der Waals surface area contributed by atoms with E-state index in [9.17, 15) is 4.79 Å². The van der Waals surface area contributed by atoms with Gasteiger partial charge in [0.15, 0.2) is 0 Å². The monoisotopic (exact) mass is 351 g/mol. The third-order valence-corrected chi connectivity index (χ3v) is 5.25. The number of nitrogens with one attached hydrogen (secondary N) is 1. The fourth-order valence-electron chi connectivity index (χ4n) is 1.90. The van der Waals surface area contributed by atoms with Gasteiger partial charge < -0.3 is 5.32 Å². The van der Waals surface area contributed by atoms with E-state index < -0.39 is 0 Å². The second-order valence-electron chi connectivity index (χ2n) is 4.82. The number of carbonyl (C=O) groups excluding carboxylic acids is 1. The van der Waals surface area contributed by atoms with Gasteiger partial charge in [0, 0.05) is 5.69 Å². The van der Waals surface area contributed by atoms with E-state index in [1.54, 1.807) is 0 Å². The van der Waals surface area contributed by atoms with E-state index >= 15 is 0 Å². The van der Waals surface area contributed by atoms with Gasteiger partial charge in [-0.1, -0.05) is 25.5 Å². The summed E-state index contributed by atoms with van der Waals surface area (Å²) in [6.45, 7) is 4.18. The molecule has 2 rings (SSSR count). The highest BCUT2D eigenvalue weighted by Crippen LogP contribution is 2.27. The molecular weight excluding hydrogens is 334 g/mol. The standard InChI is InChI=1S/C16H18BrNOS/c1-3-4-5-12-6-8-13(9-7-12)18-16(19)14-10-11(2)15(17)20-14/h6-10H,3-5H2,1-2H3,(H,18,19). The van der Waals surface area contributed by atoms with E-state index in [-0.39, 0.29) is 5.91 Å². The van der Waals surface area contributed by atoms with Crippen LogP contribution in [0, 0.1) is 6.92 Å². The third-order valence-electron chi connectivity index (χ3n) is 3.11. The number of halogens is 1. The molecule has 1 aromatic heterocycles. The number of amides is 1. The van der Waals surface area contributed by atoms with Crippen molar-refractivity contribution in [3.8, 4) is 0 Å². The lowest BCUT2D eigenvalue weighted by atomic mass is 10.1. The molecule has 4 heteroatoms. The van der Waals surface area contributed by atoms with Crippen molar-refractivity contribution >= 4 is 38.9 Å². The maximum absolute atomic E-state index is 12.1. The van der Waals surface area contributed by atoms with E-state index in [4.69, 9.17) is 0 Å². The van der Waals surface area contributed by atoms with Crippen LogP contribution in [0.4, 0.5) is 5.69 Å². The zero-order chi connectivity index (χ0) is 14.5. The van der Waals surface area contributed by atoms with Gasteiger partial charge in [-0.05, 0) is 65.0 Å². The molecule has 0 bridgehead atoms. The molecule has 0 aliphatic carbocycles. The van der Waals surface area contributed by atoms with Crippen LogP contribution in [0.3, 0.4) is 0 Å². The Morgan fingerprint density at radius 3 is 2.55 bits per heavy atom. The quantitative estimate of drug-likeness (QED) is 0.765. The molecule has 0 aliphatic heterocycles. The van der Waals surface area contributed by atoms with Crippen molar-refractivity contribution < 1.29 is 4.79 Å². The molecule has 0 atom stereocenters. The van der Waals surface area contributed by atoms with Crippen LogP contribution in [0.5, 0.6) is 0 Å². The highest BCUT2D eigenvalue weighted by Gasteiger charge is 2.11. The van der Waals surface area contributed by atoms with Crippen molar-refractivity contribution in [3.63, 3.8) is 0 Å². The number of aryl methyl sites for hydroxylation is 2. The topological polar surface area (TPSA) is 29.1 Å². The van der Waals surface area contributed by atoms with Crippen molar-refractivity contribution in [2.75, 3.05) is 5.32 Å². The number of carbonyl (C=O) groups is 1. The fourth-order valence-corrected chi connectivity index (χ4v) is 3.33. The number of benzene rings is 1. The smallest absolute Gasteiger partial charge is 0.265 e.